The molecule has 0 unspecified atom stereocenters. The van der Waals surface area contributed by atoms with Crippen molar-refractivity contribution in [3.8, 4) is 0 Å². The topological polar surface area (TPSA) is 83.8 Å². The Bertz CT molecular complexity index is 1420. The lowest BCUT2D eigenvalue weighted by atomic mass is 9.57. The quantitative estimate of drug-likeness (QED) is 0.499. The number of hydrogen-bond acceptors (Lipinski definition) is 4. The summed E-state index contributed by atoms with van der Waals surface area (Å²) in [5.41, 5.74) is -1.87. The van der Waals surface area contributed by atoms with Crippen LogP contribution >= 0.6 is 11.6 Å². The van der Waals surface area contributed by atoms with Crippen LogP contribution in [0.2, 0.25) is 5.02 Å². The standard InChI is InChI=1S/C24H24ClF3N4O3S/c1-2-19-21(32-12-18(25)7-8-20(32)30-19)22(33)29-11-15-3-5-16(6-4-15)17-9-23(10-17)13-31(14-23)36(34,35)24(26,27)28/h3-8,12,17H,2,9-11,13-14H2,1H3,(H,29,33). The van der Waals surface area contributed by atoms with Gasteiger partial charge in [-0.25, -0.2) is 13.4 Å². The number of halogens is 4. The number of benzene rings is 1. The number of rotatable bonds is 6. The molecule has 36 heavy (non-hydrogen) atoms. The Labute approximate surface area is 211 Å². The van der Waals surface area contributed by atoms with E-state index in [1.54, 1.807) is 22.7 Å². The van der Waals surface area contributed by atoms with E-state index in [0.29, 0.717) is 52.2 Å². The largest absolute Gasteiger partial charge is 0.511 e. The molecular formula is C24H24ClF3N4O3S. The number of carbonyl (C=O) groups is 1. The van der Waals surface area contributed by atoms with Crippen LogP contribution in [0.15, 0.2) is 42.6 Å². The van der Waals surface area contributed by atoms with Gasteiger partial charge >= 0.3 is 15.5 Å². The van der Waals surface area contributed by atoms with Crippen LogP contribution in [-0.4, -0.2) is 46.6 Å². The molecule has 2 aromatic heterocycles. The number of aromatic nitrogens is 2. The maximum atomic E-state index is 13.0. The van der Waals surface area contributed by atoms with Gasteiger partial charge in [0, 0.05) is 25.8 Å². The normalized spacial score (nSPS) is 18.2. The minimum Gasteiger partial charge on any atom is -0.347 e. The molecule has 12 heteroatoms. The van der Waals surface area contributed by atoms with Crippen molar-refractivity contribution >= 4 is 33.2 Å². The fraction of sp³-hybridized carbons (Fsp3) is 0.417. The molecule has 0 bridgehead atoms. The Kier molecular flexibility index (Phi) is 6.08. The van der Waals surface area contributed by atoms with Gasteiger partial charge in [-0.1, -0.05) is 42.8 Å². The number of hydrogen-bond donors (Lipinski definition) is 1. The number of imidazole rings is 1. The van der Waals surface area contributed by atoms with Gasteiger partial charge in [0.25, 0.3) is 5.91 Å². The van der Waals surface area contributed by atoms with Gasteiger partial charge in [-0.3, -0.25) is 9.20 Å². The van der Waals surface area contributed by atoms with Gasteiger partial charge in [-0.05, 0) is 53.9 Å². The van der Waals surface area contributed by atoms with Crippen LogP contribution in [0.1, 0.15) is 53.0 Å². The lowest BCUT2D eigenvalue weighted by Gasteiger charge is -2.58. The molecule has 2 aliphatic rings. The molecule has 1 amide bonds. The van der Waals surface area contributed by atoms with Gasteiger partial charge in [-0.2, -0.15) is 17.5 Å². The maximum absolute atomic E-state index is 13.0. The van der Waals surface area contributed by atoms with Gasteiger partial charge in [0.1, 0.15) is 11.3 Å². The number of alkyl halides is 3. The molecule has 3 heterocycles. The predicted molar refractivity (Wildman–Crippen MR) is 128 cm³/mol. The first-order chi connectivity index (χ1) is 16.9. The summed E-state index contributed by atoms with van der Waals surface area (Å²) in [6, 6.07) is 11.2. The second-order valence-corrected chi connectivity index (χ2v) is 12.0. The van der Waals surface area contributed by atoms with E-state index in [-0.39, 0.29) is 30.3 Å². The number of nitrogens with one attached hydrogen (secondary N) is 1. The van der Waals surface area contributed by atoms with Crippen molar-refractivity contribution < 1.29 is 26.4 Å². The Hall–Kier alpha value is -2.63. The van der Waals surface area contributed by atoms with Crippen molar-refractivity contribution in [2.45, 2.75) is 44.2 Å². The van der Waals surface area contributed by atoms with E-state index in [1.807, 2.05) is 31.2 Å². The molecular weight excluding hydrogens is 517 g/mol. The van der Waals surface area contributed by atoms with Crippen molar-refractivity contribution in [3.05, 3.63) is 70.1 Å². The van der Waals surface area contributed by atoms with Gasteiger partial charge in [-0.15, -0.1) is 0 Å². The van der Waals surface area contributed by atoms with Gasteiger partial charge in [0.15, 0.2) is 0 Å². The Morgan fingerprint density at radius 3 is 2.44 bits per heavy atom. The third-order valence-corrected chi connectivity index (χ3v) is 8.87. The molecule has 3 aromatic rings. The summed E-state index contributed by atoms with van der Waals surface area (Å²) in [5, 5.41) is 3.43. The van der Waals surface area contributed by atoms with E-state index in [9.17, 15) is 26.4 Å². The monoisotopic (exact) mass is 540 g/mol. The molecule has 1 saturated carbocycles. The van der Waals surface area contributed by atoms with E-state index < -0.39 is 15.5 Å². The summed E-state index contributed by atoms with van der Waals surface area (Å²) in [6.07, 6.45) is 3.57. The van der Waals surface area contributed by atoms with Gasteiger partial charge in [0.2, 0.25) is 0 Å². The molecule has 2 fully saturated rings. The number of carbonyl (C=O) groups excluding carboxylic acids is 1. The number of pyridine rings is 1. The molecule has 0 radical (unpaired) electrons. The highest BCUT2D eigenvalue weighted by atomic mass is 35.5. The number of sulfonamides is 1. The van der Waals surface area contributed by atoms with Crippen LogP contribution in [0.4, 0.5) is 13.2 Å². The molecule has 192 valence electrons. The van der Waals surface area contributed by atoms with Crippen LogP contribution in [0.5, 0.6) is 0 Å². The summed E-state index contributed by atoms with van der Waals surface area (Å²) < 4.78 is 63.4. The lowest BCUT2D eigenvalue weighted by Crippen LogP contribution is -2.64. The molecule has 5 rings (SSSR count). The molecule has 1 aliphatic carbocycles. The molecule has 1 saturated heterocycles. The fourth-order valence-corrected chi connectivity index (χ4v) is 6.57. The average molecular weight is 541 g/mol. The summed E-state index contributed by atoms with van der Waals surface area (Å²) in [5.74, 6) is -0.0747. The number of amides is 1. The van der Waals surface area contributed by atoms with E-state index >= 15 is 0 Å². The zero-order valence-corrected chi connectivity index (χ0v) is 20.9. The lowest BCUT2D eigenvalue weighted by molar-refractivity contribution is -0.0705. The number of nitrogens with zero attached hydrogens (tertiary/aromatic N) is 3. The fourth-order valence-electron chi connectivity index (χ4n) is 5.23. The summed E-state index contributed by atoms with van der Waals surface area (Å²) in [7, 11) is -5.24. The highest BCUT2D eigenvalue weighted by molar-refractivity contribution is 7.90. The van der Waals surface area contributed by atoms with Crippen molar-refractivity contribution in [2.24, 2.45) is 5.41 Å². The number of aryl methyl sites for hydroxylation is 1. The van der Waals surface area contributed by atoms with E-state index in [2.05, 4.69) is 10.3 Å². The molecule has 1 spiro atoms. The van der Waals surface area contributed by atoms with Gasteiger partial charge in [0.05, 0.1) is 10.7 Å². The van der Waals surface area contributed by atoms with Crippen molar-refractivity contribution in [3.63, 3.8) is 0 Å². The van der Waals surface area contributed by atoms with Crippen LogP contribution in [0, 0.1) is 5.41 Å². The number of fused-ring (bicyclic) bond motifs is 1. The zero-order valence-electron chi connectivity index (χ0n) is 19.3. The van der Waals surface area contributed by atoms with Gasteiger partial charge < -0.3 is 5.32 Å². The van der Waals surface area contributed by atoms with E-state index in [1.165, 1.54) is 0 Å². The third-order valence-electron chi connectivity index (χ3n) is 7.12. The van der Waals surface area contributed by atoms with Crippen LogP contribution in [-0.2, 0) is 23.0 Å². The first-order valence-corrected chi connectivity index (χ1v) is 13.3. The van der Waals surface area contributed by atoms with Crippen molar-refractivity contribution in [1.82, 2.24) is 19.0 Å². The highest BCUT2D eigenvalue weighted by Crippen LogP contribution is 2.57. The minimum absolute atomic E-state index is 0.0797. The smallest absolute Gasteiger partial charge is 0.347 e. The van der Waals surface area contributed by atoms with Crippen LogP contribution < -0.4 is 5.32 Å². The summed E-state index contributed by atoms with van der Waals surface area (Å²) in [4.78, 5) is 17.5. The van der Waals surface area contributed by atoms with Crippen LogP contribution in [0.3, 0.4) is 0 Å². The predicted octanol–water partition coefficient (Wildman–Crippen LogP) is 4.51. The summed E-state index contributed by atoms with van der Waals surface area (Å²) in [6.45, 7) is 2.09. The maximum Gasteiger partial charge on any atom is 0.511 e. The first kappa shape index (κ1) is 25.0. The van der Waals surface area contributed by atoms with Crippen molar-refractivity contribution in [1.29, 1.82) is 0 Å². The molecule has 1 aliphatic heterocycles. The Balaban J connectivity index is 1.17. The molecule has 0 atom stereocenters. The van der Waals surface area contributed by atoms with Crippen LogP contribution in [0.25, 0.3) is 5.65 Å². The Morgan fingerprint density at radius 2 is 1.83 bits per heavy atom. The van der Waals surface area contributed by atoms with E-state index in [4.69, 9.17) is 11.6 Å². The highest BCUT2D eigenvalue weighted by Gasteiger charge is 2.61. The Morgan fingerprint density at radius 1 is 1.17 bits per heavy atom. The summed E-state index contributed by atoms with van der Waals surface area (Å²) >= 11 is 6.10. The molecule has 1 N–H and O–H groups in total. The third kappa shape index (κ3) is 4.26. The first-order valence-electron chi connectivity index (χ1n) is 11.5. The molecule has 1 aromatic carbocycles. The second-order valence-electron chi connectivity index (χ2n) is 9.58. The molecule has 7 nitrogen and oxygen atoms in total. The van der Waals surface area contributed by atoms with Crippen molar-refractivity contribution in [2.75, 3.05) is 13.1 Å². The minimum atomic E-state index is -5.25. The van der Waals surface area contributed by atoms with E-state index in [0.717, 1.165) is 11.1 Å². The average Bonchev–Trinajstić information content (AvgIpc) is 3.13. The second kappa shape index (κ2) is 8.74. The zero-order chi connectivity index (χ0) is 25.9. The SMILES string of the molecule is CCc1nc2ccc(Cl)cn2c1C(=O)NCc1ccc(C2CC3(C2)CN(S(=O)(=O)C(F)(F)F)C3)cc1.